The first-order valence-electron chi connectivity index (χ1n) is 8.60. The number of rotatable bonds is 7. The minimum Gasteiger partial charge on any atom is -0.351 e. The molecule has 3 rings (SSSR count). The molecule has 1 aliphatic heterocycles. The van der Waals surface area contributed by atoms with E-state index in [9.17, 15) is 10.1 Å². The van der Waals surface area contributed by atoms with E-state index in [0.29, 0.717) is 12.0 Å². The van der Waals surface area contributed by atoms with Crippen LogP contribution in [0.25, 0.3) is 0 Å². The van der Waals surface area contributed by atoms with Crippen LogP contribution in [0.1, 0.15) is 32.6 Å². The number of amides is 1. The lowest BCUT2D eigenvalue weighted by Gasteiger charge is -2.26. The summed E-state index contributed by atoms with van der Waals surface area (Å²) in [5.41, 5.74) is -0.724. The molecule has 0 radical (unpaired) electrons. The second kappa shape index (κ2) is 7.14. The van der Waals surface area contributed by atoms with Crippen molar-refractivity contribution < 1.29 is 4.79 Å². The Kier molecular flexibility index (Phi) is 4.95. The highest BCUT2D eigenvalue weighted by Gasteiger charge is 2.42. The molecule has 1 aliphatic carbocycles. The summed E-state index contributed by atoms with van der Waals surface area (Å²) < 4.78 is 0. The molecule has 7 nitrogen and oxygen atoms in total. The van der Waals surface area contributed by atoms with E-state index in [1.807, 2.05) is 19.1 Å². The zero-order chi connectivity index (χ0) is 17.0. The summed E-state index contributed by atoms with van der Waals surface area (Å²) in [5, 5.41) is 23.5. The van der Waals surface area contributed by atoms with Crippen molar-refractivity contribution in [3.63, 3.8) is 0 Å². The van der Waals surface area contributed by atoms with Gasteiger partial charge in [-0.1, -0.05) is 0 Å². The molecular weight excluding hydrogens is 304 g/mol. The largest absolute Gasteiger partial charge is 0.351 e. The van der Waals surface area contributed by atoms with Gasteiger partial charge in [-0.2, -0.15) is 10.4 Å². The second-order valence-electron chi connectivity index (χ2n) is 6.84. The lowest BCUT2D eigenvalue weighted by molar-refractivity contribution is -0.121. The first-order chi connectivity index (χ1) is 11.6. The molecule has 1 aromatic heterocycles. The molecule has 2 N–H and O–H groups in total. The molecule has 2 heterocycles. The number of hydrogen-bond donors (Lipinski definition) is 2. The summed E-state index contributed by atoms with van der Waals surface area (Å²) >= 11 is 0. The summed E-state index contributed by atoms with van der Waals surface area (Å²) in [4.78, 5) is 14.4. The van der Waals surface area contributed by atoms with Gasteiger partial charge in [0.15, 0.2) is 5.82 Å². The summed E-state index contributed by atoms with van der Waals surface area (Å²) in [7, 11) is 0. The van der Waals surface area contributed by atoms with E-state index in [0.717, 1.165) is 44.6 Å². The molecule has 1 saturated carbocycles. The van der Waals surface area contributed by atoms with Crippen molar-refractivity contribution in [1.29, 1.82) is 5.26 Å². The lowest BCUT2D eigenvalue weighted by Crippen LogP contribution is -2.50. The molecule has 0 spiro atoms. The number of nitrogens with zero attached hydrogens (tertiary/aromatic N) is 4. The van der Waals surface area contributed by atoms with Gasteiger partial charge in [-0.25, -0.2) is 0 Å². The lowest BCUT2D eigenvalue weighted by atomic mass is 9.98. The van der Waals surface area contributed by atoms with Crippen LogP contribution in [0.3, 0.4) is 0 Å². The minimum atomic E-state index is -0.724. The third kappa shape index (κ3) is 3.82. The van der Waals surface area contributed by atoms with E-state index < -0.39 is 5.54 Å². The number of anilines is 1. The first kappa shape index (κ1) is 16.7. The first-order valence-corrected chi connectivity index (χ1v) is 8.60. The van der Waals surface area contributed by atoms with E-state index in [4.69, 9.17) is 0 Å². The van der Waals surface area contributed by atoms with Gasteiger partial charge < -0.3 is 15.5 Å². The highest BCUT2D eigenvalue weighted by molar-refractivity contribution is 5.79. The van der Waals surface area contributed by atoms with Crippen molar-refractivity contribution in [3.8, 4) is 6.07 Å². The maximum Gasteiger partial charge on any atom is 0.235 e. The standard InChI is InChI=1S/C17H24N6O/c1-17(12-18,13-6-7-13)21-16(24)11-19-10-14-4-3-9-23(14)15-5-2-8-20-22-15/h2,5,8,13-14,19H,3-4,6-7,9-11H2,1H3,(H,21,24)/t14-,17+/m0/s1. The van der Waals surface area contributed by atoms with Gasteiger partial charge in [0.2, 0.25) is 5.91 Å². The molecule has 1 amide bonds. The van der Waals surface area contributed by atoms with Gasteiger partial charge >= 0.3 is 0 Å². The van der Waals surface area contributed by atoms with Gasteiger partial charge in [0, 0.05) is 25.3 Å². The van der Waals surface area contributed by atoms with Crippen LogP contribution in [0, 0.1) is 17.2 Å². The van der Waals surface area contributed by atoms with E-state index in [2.05, 4.69) is 31.8 Å². The predicted octanol–water partition coefficient (Wildman–Crippen LogP) is 0.843. The maximum absolute atomic E-state index is 12.1. The van der Waals surface area contributed by atoms with Gasteiger partial charge in [-0.15, -0.1) is 5.10 Å². The summed E-state index contributed by atoms with van der Waals surface area (Å²) in [5.74, 6) is 1.07. The molecule has 0 unspecified atom stereocenters. The number of nitrogens with one attached hydrogen (secondary N) is 2. The Labute approximate surface area is 142 Å². The predicted molar refractivity (Wildman–Crippen MR) is 90.2 cm³/mol. The Balaban J connectivity index is 1.46. The highest BCUT2D eigenvalue weighted by atomic mass is 16.2. The van der Waals surface area contributed by atoms with Crippen molar-refractivity contribution in [1.82, 2.24) is 20.8 Å². The number of hydrogen-bond acceptors (Lipinski definition) is 6. The SMILES string of the molecule is C[C@](C#N)(NC(=O)CNC[C@@H]1CCCN1c1cccnn1)C1CC1. The van der Waals surface area contributed by atoms with Gasteiger partial charge in [0.25, 0.3) is 0 Å². The molecule has 7 heteroatoms. The Bertz CT molecular complexity index is 611. The van der Waals surface area contributed by atoms with E-state index in [1.165, 1.54) is 0 Å². The van der Waals surface area contributed by atoms with Crippen LogP contribution >= 0.6 is 0 Å². The number of nitriles is 1. The summed E-state index contributed by atoms with van der Waals surface area (Å²) in [6.07, 6.45) is 5.90. The number of carbonyl (C=O) groups excluding carboxylic acids is 1. The van der Waals surface area contributed by atoms with Crippen molar-refractivity contribution in [3.05, 3.63) is 18.3 Å². The van der Waals surface area contributed by atoms with Crippen LogP contribution in [-0.2, 0) is 4.79 Å². The number of aromatic nitrogens is 2. The molecule has 0 bridgehead atoms. The zero-order valence-electron chi connectivity index (χ0n) is 14.0. The van der Waals surface area contributed by atoms with Gasteiger partial charge in [-0.05, 0) is 50.7 Å². The average Bonchev–Trinajstić information content (AvgIpc) is 3.36. The highest BCUT2D eigenvalue weighted by Crippen LogP contribution is 2.39. The average molecular weight is 328 g/mol. The maximum atomic E-state index is 12.1. The summed E-state index contributed by atoms with van der Waals surface area (Å²) in [6, 6.07) is 6.42. The van der Waals surface area contributed by atoms with Gasteiger partial charge in [-0.3, -0.25) is 4.79 Å². The Morgan fingerprint density at radius 1 is 1.50 bits per heavy atom. The molecule has 1 saturated heterocycles. The smallest absolute Gasteiger partial charge is 0.235 e. The molecule has 128 valence electrons. The molecule has 2 fully saturated rings. The Morgan fingerprint density at radius 2 is 2.33 bits per heavy atom. The molecule has 0 aromatic carbocycles. The molecule has 24 heavy (non-hydrogen) atoms. The topological polar surface area (TPSA) is 93.9 Å². The second-order valence-corrected chi connectivity index (χ2v) is 6.84. The van der Waals surface area contributed by atoms with Crippen molar-refractivity contribution in [2.75, 3.05) is 24.5 Å². The Hall–Kier alpha value is -2.20. The van der Waals surface area contributed by atoms with Crippen LogP contribution in [0.4, 0.5) is 5.82 Å². The van der Waals surface area contributed by atoms with Crippen LogP contribution in [-0.4, -0.2) is 47.3 Å². The molecule has 2 atom stereocenters. The van der Waals surface area contributed by atoms with Crippen molar-refractivity contribution in [2.45, 2.75) is 44.2 Å². The summed E-state index contributed by atoms with van der Waals surface area (Å²) in [6.45, 7) is 3.73. The third-order valence-corrected chi connectivity index (χ3v) is 4.92. The van der Waals surface area contributed by atoms with Crippen molar-refractivity contribution in [2.24, 2.45) is 5.92 Å². The normalized spacial score (nSPS) is 22.7. The zero-order valence-corrected chi connectivity index (χ0v) is 14.0. The third-order valence-electron chi connectivity index (χ3n) is 4.92. The van der Waals surface area contributed by atoms with Gasteiger partial charge in [0.1, 0.15) is 5.54 Å². The van der Waals surface area contributed by atoms with Crippen LogP contribution in [0.15, 0.2) is 18.3 Å². The fourth-order valence-corrected chi connectivity index (χ4v) is 3.36. The van der Waals surface area contributed by atoms with Gasteiger partial charge in [0.05, 0.1) is 12.6 Å². The van der Waals surface area contributed by atoms with E-state index in [1.54, 1.807) is 6.20 Å². The van der Waals surface area contributed by atoms with Crippen LogP contribution in [0.2, 0.25) is 0 Å². The molecular formula is C17H24N6O. The number of carbonyl (C=O) groups is 1. The minimum absolute atomic E-state index is 0.116. The molecule has 1 aromatic rings. The quantitative estimate of drug-likeness (QED) is 0.770. The molecule has 2 aliphatic rings. The van der Waals surface area contributed by atoms with Crippen LogP contribution < -0.4 is 15.5 Å². The fourth-order valence-electron chi connectivity index (χ4n) is 3.36. The monoisotopic (exact) mass is 328 g/mol. The van der Waals surface area contributed by atoms with Crippen molar-refractivity contribution >= 4 is 11.7 Å². The van der Waals surface area contributed by atoms with E-state index in [-0.39, 0.29) is 12.5 Å². The Morgan fingerprint density at radius 3 is 3.00 bits per heavy atom. The fraction of sp³-hybridized carbons (Fsp3) is 0.647. The van der Waals surface area contributed by atoms with E-state index >= 15 is 0 Å². The van der Waals surface area contributed by atoms with Crippen LogP contribution in [0.5, 0.6) is 0 Å².